The maximum atomic E-state index is 14.4. The van der Waals surface area contributed by atoms with Crippen molar-refractivity contribution in [1.82, 2.24) is 19.7 Å². The van der Waals surface area contributed by atoms with Crippen molar-refractivity contribution in [3.8, 4) is 28.3 Å². The van der Waals surface area contributed by atoms with Gasteiger partial charge < -0.3 is 10.5 Å². The van der Waals surface area contributed by atoms with E-state index in [2.05, 4.69) is 15.7 Å². The molecule has 1 fully saturated rings. The number of hydrogen-bond donors (Lipinski definition) is 1. The molecule has 0 spiro atoms. The summed E-state index contributed by atoms with van der Waals surface area (Å²) in [5, 5.41) is 5.09. The number of halogens is 1. The smallest absolute Gasteiger partial charge is 0.166 e. The number of rotatable bonds is 2. The number of anilines is 1. The lowest BCUT2D eigenvalue weighted by Gasteiger charge is -2.24. The fourth-order valence-corrected chi connectivity index (χ4v) is 5.74. The predicted molar refractivity (Wildman–Crippen MR) is 131 cm³/mol. The van der Waals surface area contributed by atoms with Gasteiger partial charge in [0.2, 0.25) is 0 Å². The third-order valence-corrected chi connectivity index (χ3v) is 7.59. The Hall–Kier alpha value is -3.74. The molecule has 7 rings (SSSR count). The third-order valence-electron chi connectivity index (χ3n) is 7.59. The zero-order valence-electron chi connectivity index (χ0n) is 19.5. The number of benzene rings is 1. The fraction of sp³-hybridized carbons (Fsp3) is 0.321. The highest BCUT2D eigenvalue weighted by Gasteiger charge is 2.36. The van der Waals surface area contributed by atoms with E-state index in [1.54, 1.807) is 6.20 Å². The van der Waals surface area contributed by atoms with Crippen LogP contribution in [-0.2, 0) is 13.0 Å². The number of hydrogen-bond acceptors (Lipinski definition) is 5. The van der Waals surface area contributed by atoms with Crippen molar-refractivity contribution >= 4 is 5.82 Å². The molecule has 1 saturated carbocycles. The molecule has 7 heteroatoms. The van der Waals surface area contributed by atoms with Gasteiger partial charge in [-0.05, 0) is 74.4 Å². The van der Waals surface area contributed by atoms with Crippen LogP contribution in [0.5, 0.6) is 5.75 Å². The third kappa shape index (κ3) is 3.32. The number of nitrogen functional groups attached to an aromatic ring is 1. The Labute approximate surface area is 203 Å². The number of fused-ring (bicyclic) bond motifs is 7. The van der Waals surface area contributed by atoms with Crippen LogP contribution in [0.4, 0.5) is 10.2 Å². The van der Waals surface area contributed by atoms with E-state index in [9.17, 15) is 4.39 Å². The van der Waals surface area contributed by atoms with E-state index in [-0.39, 0.29) is 11.7 Å². The molecule has 176 valence electrons. The van der Waals surface area contributed by atoms with Gasteiger partial charge in [0, 0.05) is 47.1 Å². The maximum absolute atomic E-state index is 14.4. The molecular formula is C28H26FN5O. The summed E-state index contributed by atoms with van der Waals surface area (Å²) in [7, 11) is 0. The number of nitrogens with two attached hydrogens (primary N) is 1. The topological polar surface area (TPSA) is 78.9 Å². The first kappa shape index (κ1) is 20.6. The predicted octanol–water partition coefficient (Wildman–Crippen LogP) is 5.67. The zero-order valence-corrected chi connectivity index (χ0v) is 19.5. The van der Waals surface area contributed by atoms with Gasteiger partial charge in [0.1, 0.15) is 11.9 Å². The molecule has 3 aliphatic rings. The van der Waals surface area contributed by atoms with Crippen LogP contribution in [0, 0.1) is 11.7 Å². The minimum atomic E-state index is -0.454. The minimum absolute atomic E-state index is 0.145. The van der Waals surface area contributed by atoms with E-state index in [0.717, 1.165) is 58.7 Å². The van der Waals surface area contributed by atoms with Crippen LogP contribution in [0.3, 0.4) is 0 Å². The fourth-order valence-electron chi connectivity index (χ4n) is 5.74. The average Bonchev–Trinajstić information content (AvgIpc) is 3.47. The number of aryl methyl sites for hydroxylation is 1. The lowest BCUT2D eigenvalue weighted by molar-refractivity contribution is 0.227. The molecule has 1 aromatic carbocycles. The largest absolute Gasteiger partial charge is 0.482 e. The molecule has 0 radical (unpaired) electrons. The van der Waals surface area contributed by atoms with Crippen molar-refractivity contribution in [2.45, 2.75) is 51.2 Å². The van der Waals surface area contributed by atoms with Gasteiger partial charge in [-0.15, -0.1) is 0 Å². The Balaban J connectivity index is 1.53. The molecule has 2 N–H and O–H groups in total. The van der Waals surface area contributed by atoms with Crippen molar-refractivity contribution in [1.29, 1.82) is 0 Å². The quantitative estimate of drug-likeness (QED) is 0.411. The van der Waals surface area contributed by atoms with Gasteiger partial charge >= 0.3 is 0 Å². The Morgan fingerprint density at radius 2 is 2.00 bits per heavy atom. The molecule has 2 bridgehead atoms. The highest BCUT2D eigenvalue weighted by Crippen LogP contribution is 2.48. The summed E-state index contributed by atoms with van der Waals surface area (Å²) in [4.78, 5) is 9.31. The average molecular weight is 468 g/mol. The van der Waals surface area contributed by atoms with Gasteiger partial charge in [0.15, 0.2) is 11.6 Å². The summed E-state index contributed by atoms with van der Waals surface area (Å²) in [5.41, 5.74) is 14.3. The van der Waals surface area contributed by atoms with Gasteiger partial charge in [-0.2, -0.15) is 5.10 Å². The van der Waals surface area contributed by atoms with E-state index in [0.29, 0.717) is 17.5 Å². The van der Waals surface area contributed by atoms with Crippen molar-refractivity contribution in [3.05, 3.63) is 77.0 Å². The van der Waals surface area contributed by atoms with Gasteiger partial charge in [-0.1, -0.05) is 6.07 Å². The zero-order chi connectivity index (χ0) is 23.7. The first-order valence-corrected chi connectivity index (χ1v) is 12.3. The first-order chi connectivity index (χ1) is 17.1. The van der Waals surface area contributed by atoms with Crippen molar-refractivity contribution in [3.63, 3.8) is 0 Å². The molecule has 0 amide bonds. The molecule has 35 heavy (non-hydrogen) atoms. The summed E-state index contributed by atoms with van der Waals surface area (Å²) in [6.07, 6.45) is 7.55. The summed E-state index contributed by atoms with van der Waals surface area (Å²) >= 11 is 0. The van der Waals surface area contributed by atoms with Crippen molar-refractivity contribution in [2.75, 3.05) is 5.73 Å². The normalized spacial score (nSPS) is 20.2. The first-order valence-electron chi connectivity index (χ1n) is 12.3. The molecule has 0 unspecified atom stereocenters. The van der Waals surface area contributed by atoms with Crippen LogP contribution in [0.2, 0.25) is 0 Å². The second kappa shape index (κ2) is 7.63. The lowest BCUT2D eigenvalue weighted by atomic mass is 9.86. The van der Waals surface area contributed by atoms with E-state index >= 15 is 0 Å². The highest BCUT2D eigenvalue weighted by molar-refractivity contribution is 5.74. The van der Waals surface area contributed by atoms with E-state index in [4.69, 9.17) is 20.6 Å². The molecule has 2 aliphatic carbocycles. The van der Waals surface area contributed by atoms with E-state index in [1.165, 1.54) is 30.5 Å². The number of aromatic nitrogens is 4. The monoisotopic (exact) mass is 467 g/mol. The van der Waals surface area contributed by atoms with Crippen LogP contribution in [0.25, 0.3) is 22.5 Å². The molecule has 3 aromatic heterocycles. The van der Waals surface area contributed by atoms with Crippen LogP contribution in [0.1, 0.15) is 60.6 Å². The lowest BCUT2D eigenvalue weighted by Crippen LogP contribution is -2.12. The molecular weight excluding hydrogens is 441 g/mol. The maximum Gasteiger partial charge on any atom is 0.166 e. The number of nitrogens with zero attached hydrogens (tertiary/aromatic N) is 4. The van der Waals surface area contributed by atoms with Gasteiger partial charge in [0.25, 0.3) is 0 Å². The summed E-state index contributed by atoms with van der Waals surface area (Å²) in [5.74, 6) is 1.33. The Bertz CT molecular complexity index is 1470. The summed E-state index contributed by atoms with van der Waals surface area (Å²) < 4.78 is 23.0. The Morgan fingerprint density at radius 3 is 2.86 bits per heavy atom. The SMILES string of the molecule is C[C@H]1Oc2cc(cnc2N)-c2c3c(nn2CC2CC2)CC[C@@H]3c2cccnc2-c2ccc(F)cc21. The van der Waals surface area contributed by atoms with Gasteiger partial charge in [-0.3, -0.25) is 9.67 Å². The Kier molecular flexibility index (Phi) is 4.50. The van der Waals surface area contributed by atoms with Crippen molar-refractivity contribution < 1.29 is 9.13 Å². The van der Waals surface area contributed by atoms with Gasteiger partial charge in [-0.25, -0.2) is 9.37 Å². The molecule has 1 aliphatic heterocycles. The molecule has 6 nitrogen and oxygen atoms in total. The highest BCUT2D eigenvalue weighted by atomic mass is 19.1. The second-order valence-corrected chi connectivity index (χ2v) is 9.97. The molecule has 0 saturated heterocycles. The summed E-state index contributed by atoms with van der Waals surface area (Å²) in [6.45, 7) is 2.82. The standard InChI is InChI=1S/C28H26FN5O/c1-15-22-12-18(29)6-7-21(22)26-20(3-2-10-31-26)19-8-9-23-25(19)27(34(33-23)14-16-4-5-16)17-11-24(35-15)28(30)32-13-17/h2-3,6-7,10-13,15-16,19H,4-5,8-9,14H2,1H3,(H2,30,32)/t15-,19-/m1/s1. The molecule has 4 heterocycles. The number of ether oxygens (including phenoxy) is 1. The second-order valence-electron chi connectivity index (χ2n) is 9.97. The van der Waals surface area contributed by atoms with E-state index < -0.39 is 6.10 Å². The molecule has 2 atom stereocenters. The minimum Gasteiger partial charge on any atom is -0.482 e. The van der Waals surface area contributed by atoms with Crippen LogP contribution >= 0.6 is 0 Å². The van der Waals surface area contributed by atoms with E-state index in [1.807, 2.05) is 31.3 Å². The van der Waals surface area contributed by atoms with Crippen LogP contribution < -0.4 is 10.5 Å². The van der Waals surface area contributed by atoms with Crippen molar-refractivity contribution in [2.24, 2.45) is 5.92 Å². The summed E-state index contributed by atoms with van der Waals surface area (Å²) in [6, 6.07) is 11.0. The van der Waals surface area contributed by atoms with Crippen LogP contribution in [-0.4, -0.2) is 19.7 Å². The Morgan fingerprint density at radius 1 is 1.11 bits per heavy atom. The molecule has 4 aromatic rings. The number of pyridine rings is 2. The van der Waals surface area contributed by atoms with Gasteiger partial charge in [0.05, 0.1) is 17.1 Å². The van der Waals surface area contributed by atoms with Crippen LogP contribution in [0.15, 0.2) is 48.8 Å².